The summed E-state index contributed by atoms with van der Waals surface area (Å²) in [6.45, 7) is 3.87. The van der Waals surface area contributed by atoms with Crippen molar-refractivity contribution in [2.45, 2.75) is 26.3 Å². The first-order valence-electron chi connectivity index (χ1n) is 6.19. The van der Waals surface area contributed by atoms with Gasteiger partial charge in [0, 0.05) is 16.6 Å². The van der Waals surface area contributed by atoms with Gasteiger partial charge in [0.15, 0.2) is 0 Å². The first-order chi connectivity index (χ1) is 9.10. The van der Waals surface area contributed by atoms with Crippen LogP contribution in [0.2, 0.25) is 0 Å². The number of nitrogens with zero attached hydrogens (tertiary/aromatic N) is 1. The second kappa shape index (κ2) is 7.38. The summed E-state index contributed by atoms with van der Waals surface area (Å²) in [7, 11) is 0. The van der Waals surface area contributed by atoms with Crippen molar-refractivity contribution in [3.8, 4) is 11.3 Å². The van der Waals surface area contributed by atoms with Crippen LogP contribution in [-0.4, -0.2) is 16.9 Å². The molecule has 3 N–H and O–H groups in total. The summed E-state index contributed by atoms with van der Waals surface area (Å²) in [6, 6.07) is 7.17. The van der Waals surface area contributed by atoms with Gasteiger partial charge in [0.25, 0.3) is 0 Å². The van der Waals surface area contributed by atoms with Crippen molar-refractivity contribution in [3.05, 3.63) is 34.7 Å². The van der Waals surface area contributed by atoms with E-state index in [2.05, 4.69) is 10.3 Å². The van der Waals surface area contributed by atoms with Crippen molar-refractivity contribution in [3.63, 3.8) is 0 Å². The van der Waals surface area contributed by atoms with Gasteiger partial charge in [-0.05, 0) is 25.5 Å². The predicted octanol–water partition coefficient (Wildman–Crippen LogP) is 3.22. The van der Waals surface area contributed by atoms with Crippen LogP contribution in [0.15, 0.2) is 29.6 Å². The summed E-state index contributed by atoms with van der Waals surface area (Å²) in [4.78, 5) is 16.1. The molecule has 1 aromatic heterocycles. The molecule has 0 saturated heterocycles. The lowest BCUT2D eigenvalue weighted by molar-refractivity contribution is -0.117. The molecule has 1 aromatic carbocycles. The van der Waals surface area contributed by atoms with E-state index in [9.17, 15) is 4.79 Å². The maximum absolute atomic E-state index is 11.7. The van der Waals surface area contributed by atoms with E-state index in [1.165, 1.54) is 0 Å². The van der Waals surface area contributed by atoms with E-state index in [-0.39, 0.29) is 18.3 Å². The average molecular weight is 312 g/mol. The fourth-order valence-electron chi connectivity index (χ4n) is 1.64. The fourth-order valence-corrected chi connectivity index (χ4v) is 2.26. The lowest BCUT2D eigenvalue weighted by atomic mass is 10.1. The summed E-state index contributed by atoms with van der Waals surface area (Å²) in [5, 5.41) is 5.86. The van der Waals surface area contributed by atoms with Crippen LogP contribution in [0.5, 0.6) is 0 Å². The number of carbonyl (C=O) groups is 1. The molecule has 0 spiro atoms. The van der Waals surface area contributed by atoms with Gasteiger partial charge < -0.3 is 11.1 Å². The van der Waals surface area contributed by atoms with Crippen LogP contribution < -0.4 is 11.1 Å². The van der Waals surface area contributed by atoms with Crippen molar-refractivity contribution in [1.29, 1.82) is 0 Å². The molecule has 0 radical (unpaired) electrons. The minimum Gasteiger partial charge on any atom is -0.325 e. The number of rotatable bonds is 4. The largest absolute Gasteiger partial charge is 0.325 e. The third-order valence-electron chi connectivity index (χ3n) is 2.84. The SMILES string of the molecule is CC[C@H](N)C(=O)Nc1ccc(-c2csc(C)n2)cc1.Cl. The number of nitrogens with one attached hydrogen (secondary N) is 1. The summed E-state index contributed by atoms with van der Waals surface area (Å²) >= 11 is 1.62. The highest BCUT2D eigenvalue weighted by Crippen LogP contribution is 2.23. The molecular weight excluding hydrogens is 294 g/mol. The summed E-state index contributed by atoms with van der Waals surface area (Å²) in [6.07, 6.45) is 0.627. The van der Waals surface area contributed by atoms with Crippen LogP contribution in [0.25, 0.3) is 11.3 Å². The third kappa shape index (κ3) is 4.03. The molecule has 2 rings (SSSR count). The number of halogens is 1. The molecule has 0 aliphatic carbocycles. The molecule has 1 heterocycles. The number of hydrogen-bond donors (Lipinski definition) is 2. The molecule has 1 amide bonds. The maximum Gasteiger partial charge on any atom is 0.241 e. The first-order valence-corrected chi connectivity index (χ1v) is 7.07. The number of aryl methyl sites for hydroxylation is 1. The highest BCUT2D eigenvalue weighted by Gasteiger charge is 2.10. The van der Waals surface area contributed by atoms with Crippen LogP contribution in [0, 0.1) is 6.92 Å². The lowest BCUT2D eigenvalue weighted by Gasteiger charge is -2.10. The Morgan fingerprint density at radius 3 is 2.55 bits per heavy atom. The standard InChI is InChI=1S/C14H17N3OS.ClH/c1-3-12(15)14(18)17-11-6-4-10(5-7-11)13-8-19-9(2)16-13;/h4-8,12H,3,15H2,1-2H3,(H,17,18);1H/t12-;/m0./s1. The van der Waals surface area contributed by atoms with Crippen molar-refractivity contribution >= 4 is 35.3 Å². The molecule has 0 bridgehead atoms. The van der Waals surface area contributed by atoms with Gasteiger partial charge >= 0.3 is 0 Å². The second-order valence-electron chi connectivity index (χ2n) is 4.33. The van der Waals surface area contributed by atoms with E-state index < -0.39 is 6.04 Å². The Bertz CT molecular complexity index is 568. The highest BCUT2D eigenvalue weighted by molar-refractivity contribution is 7.09. The van der Waals surface area contributed by atoms with Gasteiger partial charge in [0.2, 0.25) is 5.91 Å². The smallest absolute Gasteiger partial charge is 0.241 e. The normalized spacial score (nSPS) is 11.6. The lowest BCUT2D eigenvalue weighted by Crippen LogP contribution is -2.34. The third-order valence-corrected chi connectivity index (χ3v) is 3.62. The molecule has 0 unspecified atom stereocenters. The monoisotopic (exact) mass is 311 g/mol. The Hall–Kier alpha value is -1.43. The van der Waals surface area contributed by atoms with E-state index in [0.717, 1.165) is 22.0 Å². The topological polar surface area (TPSA) is 68.0 Å². The van der Waals surface area contributed by atoms with Crippen molar-refractivity contribution < 1.29 is 4.79 Å². The van der Waals surface area contributed by atoms with Gasteiger partial charge in [0.1, 0.15) is 0 Å². The Kier molecular flexibility index (Phi) is 6.13. The Morgan fingerprint density at radius 2 is 2.05 bits per heavy atom. The molecule has 0 saturated carbocycles. The van der Waals surface area contributed by atoms with Crippen LogP contribution in [-0.2, 0) is 4.79 Å². The molecule has 6 heteroatoms. The molecule has 108 valence electrons. The van der Waals surface area contributed by atoms with Crippen LogP contribution in [0.4, 0.5) is 5.69 Å². The van der Waals surface area contributed by atoms with Gasteiger partial charge in [0.05, 0.1) is 16.7 Å². The quantitative estimate of drug-likeness (QED) is 0.911. The van der Waals surface area contributed by atoms with Gasteiger partial charge in [-0.15, -0.1) is 23.7 Å². The molecule has 0 aliphatic heterocycles. The fraction of sp³-hybridized carbons (Fsp3) is 0.286. The zero-order chi connectivity index (χ0) is 13.8. The maximum atomic E-state index is 11.7. The Labute approximate surface area is 128 Å². The van der Waals surface area contributed by atoms with Crippen molar-refractivity contribution in [1.82, 2.24) is 4.98 Å². The van der Waals surface area contributed by atoms with E-state index in [4.69, 9.17) is 5.73 Å². The summed E-state index contributed by atoms with van der Waals surface area (Å²) in [5.41, 5.74) is 8.43. The number of carbonyl (C=O) groups excluding carboxylic acids is 1. The Balaban J connectivity index is 0.00000200. The van der Waals surface area contributed by atoms with Crippen molar-refractivity contribution in [2.24, 2.45) is 5.73 Å². The summed E-state index contributed by atoms with van der Waals surface area (Å²) in [5.74, 6) is -0.153. The zero-order valence-electron chi connectivity index (χ0n) is 11.4. The minimum atomic E-state index is -0.458. The van der Waals surface area contributed by atoms with Gasteiger partial charge in [-0.25, -0.2) is 4.98 Å². The van der Waals surface area contributed by atoms with Gasteiger partial charge in [-0.3, -0.25) is 4.79 Å². The number of benzene rings is 1. The number of anilines is 1. The molecule has 1 atom stereocenters. The van der Waals surface area contributed by atoms with Crippen LogP contribution >= 0.6 is 23.7 Å². The van der Waals surface area contributed by atoms with E-state index in [1.807, 2.05) is 43.5 Å². The number of amides is 1. The van der Waals surface area contributed by atoms with E-state index in [0.29, 0.717) is 6.42 Å². The number of hydrogen-bond acceptors (Lipinski definition) is 4. The van der Waals surface area contributed by atoms with Gasteiger partial charge in [-0.2, -0.15) is 0 Å². The predicted molar refractivity (Wildman–Crippen MR) is 86.4 cm³/mol. The molecule has 20 heavy (non-hydrogen) atoms. The van der Waals surface area contributed by atoms with Crippen LogP contribution in [0.1, 0.15) is 18.4 Å². The van der Waals surface area contributed by atoms with E-state index >= 15 is 0 Å². The molecule has 0 aliphatic rings. The van der Waals surface area contributed by atoms with Gasteiger partial charge in [-0.1, -0.05) is 19.1 Å². The van der Waals surface area contributed by atoms with E-state index in [1.54, 1.807) is 11.3 Å². The molecule has 0 fully saturated rings. The second-order valence-corrected chi connectivity index (χ2v) is 5.40. The number of nitrogens with two attached hydrogens (primary N) is 1. The molecule has 2 aromatic rings. The first kappa shape index (κ1) is 16.6. The zero-order valence-corrected chi connectivity index (χ0v) is 13.1. The number of aromatic nitrogens is 1. The molecular formula is C14H18ClN3OS. The highest BCUT2D eigenvalue weighted by atomic mass is 35.5. The Morgan fingerprint density at radius 1 is 1.40 bits per heavy atom. The minimum absolute atomic E-state index is 0. The van der Waals surface area contributed by atoms with Crippen LogP contribution in [0.3, 0.4) is 0 Å². The average Bonchev–Trinajstić information content (AvgIpc) is 2.85. The van der Waals surface area contributed by atoms with Crippen molar-refractivity contribution in [2.75, 3.05) is 5.32 Å². The number of thiazole rings is 1. The summed E-state index contributed by atoms with van der Waals surface area (Å²) < 4.78 is 0. The molecule has 4 nitrogen and oxygen atoms in total.